The van der Waals surface area contributed by atoms with E-state index in [1.165, 1.54) is 5.56 Å². The van der Waals surface area contributed by atoms with Crippen LogP contribution in [0.4, 0.5) is 11.4 Å². The Labute approximate surface area is 201 Å². The molecule has 0 saturated heterocycles. The molecule has 2 aromatic carbocycles. The van der Waals surface area contributed by atoms with E-state index >= 15 is 0 Å². The van der Waals surface area contributed by atoms with Crippen LogP contribution in [0.1, 0.15) is 33.3 Å². The lowest BCUT2D eigenvalue weighted by Crippen LogP contribution is -2.31. The lowest BCUT2D eigenvalue weighted by Gasteiger charge is -2.36. The maximum atomic E-state index is 15.0. The molecule has 0 saturated carbocycles. The molecule has 0 aliphatic carbocycles. The van der Waals surface area contributed by atoms with E-state index in [-0.39, 0.29) is 5.41 Å². The Bertz CT molecular complexity index is 1120. The number of hydrogen-bond acceptors (Lipinski definition) is 3. The van der Waals surface area contributed by atoms with Crippen LogP contribution >= 0.6 is 39.3 Å². The van der Waals surface area contributed by atoms with Crippen molar-refractivity contribution >= 4 is 56.9 Å². The van der Waals surface area contributed by atoms with Crippen LogP contribution in [0, 0.1) is 0 Å². The van der Waals surface area contributed by atoms with Crippen LogP contribution in [-0.2, 0) is 9.98 Å². The number of hydrazone groups is 1. The minimum absolute atomic E-state index is 0.312. The van der Waals surface area contributed by atoms with E-state index in [0.717, 1.165) is 31.3 Å². The largest absolute Gasteiger partial charge is 0.346 e. The second kappa shape index (κ2) is 8.18. The summed E-state index contributed by atoms with van der Waals surface area (Å²) in [6.45, 7) is 9.85. The summed E-state index contributed by atoms with van der Waals surface area (Å²) >= 11 is 7.11. The summed E-state index contributed by atoms with van der Waals surface area (Å²) in [6.07, 6.45) is 1.82. The van der Waals surface area contributed by atoms with Gasteiger partial charge in [-0.05, 0) is 48.0 Å². The van der Waals surface area contributed by atoms with Crippen molar-refractivity contribution in [2.45, 2.75) is 33.1 Å². The molecule has 5 nitrogen and oxygen atoms in total. The molecule has 0 bridgehead atoms. The van der Waals surface area contributed by atoms with Crippen LogP contribution in [-0.4, -0.2) is 31.0 Å². The van der Waals surface area contributed by atoms with Crippen LogP contribution < -0.4 is 9.68 Å². The second-order valence-corrected chi connectivity index (χ2v) is 12.6. The van der Waals surface area contributed by atoms with Gasteiger partial charge in [0.05, 0.1) is 17.2 Å². The predicted molar refractivity (Wildman–Crippen MR) is 138 cm³/mol. The molecule has 0 radical (unpaired) electrons. The van der Waals surface area contributed by atoms with Crippen molar-refractivity contribution in [1.29, 1.82) is 0 Å². The third kappa shape index (κ3) is 3.45. The lowest BCUT2D eigenvalue weighted by molar-refractivity contribution is 0.446. The minimum atomic E-state index is -3.19. The first-order valence-corrected chi connectivity index (χ1v) is 13.6. The summed E-state index contributed by atoms with van der Waals surface area (Å²) in [5.41, 5.74) is 3.90. The lowest BCUT2D eigenvalue weighted by atomic mass is 9.84. The Morgan fingerprint density at radius 3 is 2.26 bits per heavy atom. The van der Waals surface area contributed by atoms with Crippen molar-refractivity contribution in [3.63, 3.8) is 0 Å². The highest BCUT2D eigenvalue weighted by Crippen LogP contribution is 2.67. The molecule has 0 fully saturated rings. The molecule has 164 valence electrons. The SMILES string of the molecule is CCN(CC)P1(=O)C(=C2N(C)c3ccc(Br)cc3C2(C)C)C=NN1c1ccc(Br)cc1. The van der Waals surface area contributed by atoms with Crippen LogP contribution in [0.25, 0.3) is 0 Å². The zero-order valence-corrected chi connectivity index (χ0v) is 22.5. The molecule has 0 aromatic heterocycles. The van der Waals surface area contributed by atoms with Crippen LogP contribution in [0.2, 0.25) is 0 Å². The molecule has 1 atom stereocenters. The standard InChI is InChI=1S/C23H27Br2N4OP/c1-6-28(7-2)31(30)21(15-26-29(31)18-11-8-16(24)9-12-18)22-23(3,4)19-14-17(25)10-13-20(19)27(22)5/h8-15H,6-7H2,1-5H3. The predicted octanol–water partition coefficient (Wildman–Crippen LogP) is 7.19. The zero-order chi connectivity index (χ0) is 22.6. The molecular weight excluding hydrogens is 539 g/mol. The van der Waals surface area contributed by atoms with E-state index in [9.17, 15) is 4.57 Å². The fraction of sp³-hybridized carbons (Fsp3) is 0.348. The van der Waals surface area contributed by atoms with Gasteiger partial charge in [-0.25, -0.2) is 4.67 Å². The number of benzene rings is 2. The summed E-state index contributed by atoms with van der Waals surface area (Å²) in [5, 5.41) is 5.51. The van der Waals surface area contributed by atoms with Crippen molar-refractivity contribution in [2.24, 2.45) is 5.10 Å². The maximum absolute atomic E-state index is 15.0. The van der Waals surface area contributed by atoms with Gasteiger partial charge >= 0.3 is 0 Å². The Balaban J connectivity index is 1.95. The molecule has 4 rings (SSSR count). The third-order valence-corrected chi connectivity index (χ3v) is 10.4. The molecule has 0 N–H and O–H groups in total. The average Bonchev–Trinajstić information content (AvgIpc) is 3.15. The number of fused-ring (bicyclic) bond motifs is 1. The summed E-state index contributed by atoms with van der Waals surface area (Å²) in [7, 11) is -1.13. The smallest absolute Gasteiger partial charge is 0.292 e. The first-order valence-electron chi connectivity index (χ1n) is 10.4. The van der Waals surface area contributed by atoms with E-state index in [0.29, 0.717) is 13.1 Å². The molecule has 8 heteroatoms. The van der Waals surface area contributed by atoms with Crippen molar-refractivity contribution in [3.05, 3.63) is 68.0 Å². The van der Waals surface area contributed by atoms with E-state index in [1.54, 1.807) is 4.78 Å². The normalized spacial score (nSPS) is 24.4. The molecule has 0 amide bonds. The average molecular weight is 566 g/mol. The van der Waals surface area contributed by atoms with Crippen molar-refractivity contribution in [3.8, 4) is 0 Å². The maximum Gasteiger partial charge on any atom is 0.292 e. The topological polar surface area (TPSA) is 39.2 Å². The Hall–Kier alpha value is -1.40. The highest BCUT2D eigenvalue weighted by Gasteiger charge is 2.50. The number of allylic oxidation sites excluding steroid dienone is 2. The van der Waals surface area contributed by atoms with Gasteiger partial charge in [-0.3, -0.25) is 4.57 Å². The van der Waals surface area contributed by atoms with E-state index in [1.807, 2.05) is 35.2 Å². The van der Waals surface area contributed by atoms with E-state index in [2.05, 4.69) is 89.7 Å². The van der Waals surface area contributed by atoms with Gasteiger partial charge in [-0.15, -0.1) is 0 Å². The van der Waals surface area contributed by atoms with Gasteiger partial charge in [0.1, 0.15) is 0 Å². The van der Waals surface area contributed by atoms with Gasteiger partial charge in [-0.1, -0.05) is 59.6 Å². The van der Waals surface area contributed by atoms with Gasteiger partial charge in [0, 0.05) is 45.9 Å². The van der Waals surface area contributed by atoms with E-state index < -0.39 is 7.44 Å². The number of hydrogen-bond donors (Lipinski definition) is 0. The van der Waals surface area contributed by atoms with Crippen molar-refractivity contribution in [2.75, 3.05) is 29.8 Å². The number of likely N-dealkylation sites (N-methyl/N-ethyl adjacent to an activating group) is 1. The fourth-order valence-corrected chi connectivity index (χ4v) is 8.38. The fourth-order valence-electron chi connectivity index (χ4n) is 4.69. The minimum Gasteiger partial charge on any atom is -0.346 e. The molecule has 0 spiro atoms. The van der Waals surface area contributed by atoms with Crippen LogP contribution in [0.15, 0.2) is 67.5 Å². The molecule has 2 aliphatic heterocycles. The van der Waals surface area contributed by atoms with Crippen LogP contribution in [0.5, 0.6) is 0 Å². The first-order chi connectivity index (χ1) is 14.7. The highest BCUT2D eigenvalue weighted by atomic mass is 79.9. The van der Waals surface area contributed by atoms with Crippen molar-refractivity contribution in [1.82, 2.24) is 4.67 Å². The first kappa shape index (κ1) is 22.8. The number of rotatable bonds is 4. The Morgan fingerprint density at radius 2 is 1.65 bits per heavy atom. The Morgan fingerprint density at radius 1 is 1.03 bits per heavy atom. The van der Waals surface area contributed by atoms with Gasteiger partial charge < -0.3 is 4.90 Å². The number of halogens is 2. The van der Waals surface area contributed by atoms with Gasteiger partial charge in [0.15, 0.2) is 0 Å². The molecular formula is C23H27Br2N4OP. The number of nitrogens with zero attached hydrogens (tertiary/aromatic N) is 4. The summed E-state index contributed by atoms with van der Waals surface area (Å²) < 4.78 is 20.8. The molecule has 2 aromatic rings. The summed E-state index contributed by atoms with van der Waals surface area (Å²) in [4.78, 5) is 2.18. The zero-order valence-electron chi connectivity index (χ0n) is 18.4. The summed E-state index contributed by atoms with van der Waals surface area (Å²) in [5.74, 6) is 0. The van der Waals surface area contributed by atoms with E-state index in [4.69, 9.17) is 5.10 Å². The monoisotopic (exact) mass is 564 g/mol. The van der Waals surface area contributed by atoms with Gasteiger partial charge in [0.2, 0.25) is 0 Å². The van der Waals surface area contributed by atoms with Crippen molar-refractivity contribution < 1.29 is 4.57 Å². The quantitative estimate of drug-likeness (QED) is 0.368. The van der Waals surface area contributed by atoms with Crippen LogP contribution in [0.3, 0.4) is 0 Å². The molecule has 1 unspecified atom stereocenters. The molecule has 31 heavy (non-hydrogen) atoms. The second-order valence-electron chi connectivity index (χ2n) is 8.27. The highest BCUT2D eigenvalue weighted by molar-refractivity contribution is 9.10. The van der Waals surface area contributed by atoms with Gasteiger partial charge in [-0.2, -0.15) is 9.88 Å². The molecule has 2 aliphatic rings. The number of anilines is 2. The summed E-state index contributed by atoms with van der Waals surface area (Å²) in [6, 6.07) is 14.2. The Kier molecular flexibility index (Phi) is 6.01. The third-order valence-electron chi connectivity index (χ3n) is 6.19. The molecule has 2 heterocycles. The van der Waals surface area contributed by atoms with Gasteiger partial charge in [0.25, 0.3) is 7.44 Å².